The highest BCUT2D eigenvalue weighted by molar-refractivity contribution is 6.29. The number of fused-ring (bicyclic) bond motifs is 2. The first-order valence-corrected chi connectivity index (χ1v) is 9.00. The van der Waals surface area contributed by atoms with Crippen LogP contribution in [0, 0.1) is 0 Å². The zero-order valence-electron chi connectivity index (χ0n) is 15.6. The molecule has 3 heteroatoms. The number of carbonyl (C=O) groups excluding carboxylic acids is 3. The number of hydrogen-bond donors (Lipinski definition) is 0. The fourth-order valence-electron chi connectivity index (χ4n) is 3.22. The molecule has 1 aliphatic rings. The summed E-state index contributed by atoms with van der Waals surface area (Å²) in [7, 11) is 0. The van der Waals surface area contributed by atoms with Crippen molar-refractivity contribution in [2.24, 2.45) is 0 Å². The molecule has 3 aromatic rings. The van der Waals surface area contributed by atoms with Crippen LogP contribution in [0.2, 0.25) is 0 Å². The molecule has 0 amide bonds. The summed E-state index contributed by atoms with van der Waals surface area (Å²) in [5.41, 5.74) is 3.43. The van der Waals surface area contributed by atoms with Gasteiger partial charge in [0.25, 0.3) is 0 Å². The smallest absolute Gasteiger partial charge is 0.194 e. The zero-order valence-corrected chi connectivity index (χ0v) is 15.6. The van der Waals surface area contributed by atoms with Gasteiger partial charge < -0.3 is 0 Å². The third-order valence-corrected chi connectivity index (χ3v) is 4.51. The molecular formula is C25H20O3. The maximum absolute atomic E-state index is 12.6. The average molecular weight is 368 g/mol. The van der Waals surface area contributed by atoms with Crippen LogP contribution >= 0.6 is 0 Å². The Morgan fingerprint density at radius 1 is 0.786 bits per heavy atom. The maximum Gasteiger partial charge on any atom is 0.194 e. The molecule has 0 radical (unpaired) electrons. The van der Waals surface area contributed by atoms with Crippen LogP contribution in [0.5, 0.6) is 0 Å². The molecule has 0 aliphatic heterocycles. The third-order valence-electron chi connectivity index (χ3n) is 4.51. The molecule has 0 saturated heterocycles. The van der Waals surface area contributed by atoms with Crippen molar-refractivity contribution in [2.45, 2.75) is 13.3 Å². The summed E-state index contributed by atoms with van der Waals surface area (Å²) in [5, 5.41) is 0. The normalized spacial score (nSPS) is 11.6. The van der Waals surface area contributed by atoms with Gasteiger partial charge in [0.2, 0.25) is 0 Å². The fourth-order valence-corrected chi connectivity index (χ4v) is 3.22. The van der Waals surface area contributed by atoms with Gasteiger partial charge in [-0.3, -0.25) is 14.4 Å². The molecular weight excluding hydrogens is 348 g/mol. The van der Waals surface area contributed by atoms with Crippen LogP contribution in [0.15, 0.2) is 79.4 Å². The minimum atomic E-state index is -0.174. The molecule has 3 aromatic carbocycles. The van der Waals surface area contributed by atoms with E-state index < -0.39 is 0 Å². The van der Waals surface area contributed by atoms with Gasteiger partial charge in [-0.15, -0.1) is 0 Å². The van der Waals surface area contributed by atoms with Gasteiger partial charge in [-0.05, 0) is 18.1 Å². The van der Waals surface area contributed by atoms with Crippen molar-refractivity contribution < 1.29 is 14.4 Å². The van der Waals surface area contributed by atoms with Crippen LogP contribution < -0.4 is 0 Å². The van der Waals surface area contributed by atoms with Crippen molar-refractivity contribution >= 4 is 23.4 Å². The van der Waals surface area contributed by atoms with Crippen LogP contribution in [0.3, 0.4) is 0 Å². The summed E-state index contributed by atoms with van der Waals surface area (Å²) >= 11 is 0. The second-order valence-electron chi connectivity index (χ2n) is 6.54. The van der Waals surface area contributed by atoms with E-state index in [-0.39, 0.29) is 23.8 Å². The Bertz CT molecular complexity index is 1060. The van der Waals surface area contributed by atoms with Gasteiger partial charge in [-0.25, -0.2) is 0 Å². The van der Waals surface area contributed by atoms with E-state index in [4.69, 9.17) is 0 Å². The molecule has 0 atom stereocenters. The molecule has 3 nitrogen and oxygen atoms in total. The standard InChI is InChI=1S/C17H12O3.C8H8/c1-10(18)9-11-5-4-8-14-15(11)17(20)13-7-3-2-6-12(13)16(14)19;1-2-8-6-4-3-5-7-8/h2-8H,9H2,1H3;2-7H,1H2. The summed E-state index contributed by atoms with van der Waals surface area (Å²) in [6, 6.07) is 21.9. The minimum absolute atomic E-state index is 0.0301. The first kappa shape index (κ1) is 19.2. The van der Waals surface area contributed by atoms with E-state index in [1.165, 1.54) is 12.5 Å². The van der Waals surface area contributed by atoms with Crippen molar-refractivity contribution in [3.8, 4) is 0 Å². The Labute approximate surface area is 164 Å². The Morgan fingerprint density at radius 3 is 1.93 bits per heavy atom. The summed E-state index contributed by atoms with van der Waals surface area (Å²) in [6.45, 7) is 5.11. The molecule has 0 fully saturated rings. The van der Waals surface area contributed by atoms with Crippen molar-refractivity contribution in [1.82, 2.24) is 0 Å². The van der Waals surface area contributed by atoms with Gasteiger partial charge in [-0.2, -0.15) is 0 Å². The lowest BCUT2D eigenvalue weighted by atomic mass is 9.81. The van der Waals surface area contributed by atoms with E-state index in [2.05, 4.69) is 6.58 Å². The van der Waals surface area contributed by atoms with Gasteiger partial charge in [-0.1, -0.05) is 85.5 Å². The second kappa shape index (κ2) is 8.40. The van der Waals surface area contributed by atoms with Gasteiger partial charge in [0.15, 0.2) is 11.6 Å². The van der Waals surface area contributed by atoms with E-state index >= 15 is 0 Å². The highest BCUT2D eigenvalue weighted by Gasteiger charge is 2.31. The van der Waals surface area contributed by atoms with Crippen molar-refractivity contribution in [3.63, 3.8) is 0 Å². The molecule has 0 aromatic heterocycles. The van der Waals surface area contributed by atoms with E-state index in [0.29, 0.717) is 27.8 Å². The highest BCUT2D eigenvalue weighted by atomic mass is 16.1. The number of benzene rings is 3. The predicted octanol–water partition coefficient (Wildman–Crippen LogP) is 4.92. The van der Waals surface area contributed by atoms with E-state index in [1.807, 2.05) is 36.4 Å². The summed E-state index contributed by atoms with van der Waals surface area (Å²) in [6.07, 6.45) is 2.00. The second-order valence-corrected chi connectivity index (χ2v) is 6.54. The number of rotatable bonds is 3. The van der Waals surface area contributed by atoms with Gasteiger partial charge in [0, 0.05) is 28.7 Å². The van der Waals surface area contributed by atoms with Crippen molar-refractivity contribution in [2.75, 3.05) is 0 Å². The third kappa shape index (κ3) is 3.89. The average Bonchev–Trinajstić information content (AvgIpc) is 2.72. The first-order chi connectivity index (χ1) is 13.5. The quantitative estimate of drug-likeness (QED) is 0.515. The molecule has 138 valence electrons. The lowest BCUT2D eigenvalue weighted by Crippen LogP contribution is -2.23. The topological polar surface area (TPSA) is 51.2 Å². The Hall–Kier alpha value is -3.59. The van der Waals surface area contributed by atoms with Crippen LogP contribution in [0.25, 0.3) is 6.08 Å². The molecule has 0 spiro atoms. The van der Waals surface area contributed by atoms with Crippen LogP contribution in [0.4, 0.5) is 0 Å². The summed E-state index contributed by atoms with van der Waals surface area (Å²) in [5.74, 6) is -0.356. The Balaban J connectivity index is 0.000000236. The number of carbonyl (C=O) groups is 3. The Kier molecular flexibility index (Phi) is 5.75. The van der Waals surface area contributed by atoms with Crippen LogP contribution in [-0.4, -0.2) is 17.3 Å². The van der Waals surface area contributed by atoms with E-state index in [1.54, 1.807) is 42.5 Å². The number of ketones is 3. The molecule has 0 N–H and O–H groups in total. The molecule has 0 heterocycles. The van der Waals surface area contributed by atoms with Crippen LogP contribution in [0.1, 0.15) is 49.9 Å². The van der Waals surface area contributed by atoms with Gasteiger partial charge in [0.1, 0.15) is 5.78 Å². The highest BCUT2D eigenvalue weighted by Crippen LogP contribution is 2.29. The lowest BCUT2D eigenvalue weighted by molar-refractivity contribution is -0.116. The number of Topliss-reactive ketones (excluding diaryl/α,β-unsaturated/α-hetero) is 1. The zero-order chi connectivity index (χ0) is 20.1. The van der Waals surface area contributed by atoms with E-state index in [9.17, 15) is 14.4 Å². The van der Waals surface area contributed by atoms with Gasteiger partial charge >= 0.3 is 0 Å². The van der Waals surface area contributed by atoms with E-state index in [0.717, 1.165) is 0 Å². The monoisotopic (exact) mass is 368 g/mol. The molecule has 0 unspecified atom stereocenters. The van der Waals surface area contributed by atoms with Crippen molar-refractivity contribution in [1.29, 1.82) is 0 Å². The molecule has 4 rings (SSSR count). The lowest BCUT2D eigenvalue weighted by Gasteiger charge is -2.19. The maximum atomic E-state index is 12.6. The largest absolute Gasteiger partial charge is 0.300 e. The SMILES string of the molecule is C=Cc1ccccc1.CC(=O)Cc1cccc2c1C(=O)c1ccccc1C2=O. The van der Waals surface area contributed by atoms with Gasteiger partial charge in [0.05, 0.1) is 0 Å². The number of hydrogen-bond acceptors (Lipinski definition) is 3. The Morgan fingerprint density at radius 2 is 1.36 bits per heavy atom. The summed E-state index contributed by atoms with van der Waals surface area (Å²) in [4.78, 5) is 36.4. The fraction of sp³-hybridized carbons (Fsp3) is 0.0800. The summed E-state index contributed by atoms with van der Waals surface area (Å²) < 4.78 is 0. The minimum Gasteiger partial charge on any atom is -0.300 e. The molecule has 0 saturated carbocycles. The first-order valence-electron chi connectivity index (χ1n) is 9.00. The van der Waals surface area contributed by atoms with Crippen molar-refractivity contribution in [3.05, 3.63) is 113 Å². The van der Waals surface area contributed by atoms with Crippen LogP contribution in [-0.2, 0) is 11.2 Å². The predicted molar refractivity (Wildman–Crippen MR) is 111 cm³/mol. The molecule has 28 heavy (non-hydrogen) atoms. The molecule has 1 aliphatic carbocycles. The molecule has 0 bridgehead atoms.